The third kappa shape index (κ3) is 6.12. The minimum atomic E-state index is -0.429. The third-order valence-electron chi connectivity index (χ3n) is 9.74. The highest BCUT2D eigenvalue weighted by Crippen LogP contribution is 2.45. The van der Waals surface area contributed by atoms with Gasteiger partial charge < -0.3 is 10.2 Å². The molecule has 1 saturated carbocycles. The molecule has 1 N–H and O–H groups in total. The van der Waals surface area contributed by atoms with Crippen molar-refractivity contribution in [1.29, 1.82) is 0 Å². The van der Waals surface area contributed by atoms with Crippen molar-refractivity contribution in [2.75, 3.05) is 31.5 Å². The predicted molar refractivity (Wildman–Crippen MR) is 177 cm³/mol. The fourth-order valence-electron chi connectivity index (χ4n) is 7.32. The van der Waals surface area contributed by atoms with Crippen LogP contribution in [0.15, 0.2) is 115 Å². The molecule has 0 aromatic heterocycles. The van der Waals surface area contributed by atoms with Crippen molar-refractivity contribution in [2.24, 2.45) is 5.92 Å². The molecule has 4 aromatic rings. The number of piperazine rings is 1. The highest BCUT2D eigenvalue weighted by Gasteiger charge is 2.38. The number of carbonyl (C=O) groups excluding carboxylic acids is 1. The quantitative estimate of drug-likeness (QED) is 0.221. The van der Waals surface area contributed by atoms with Gasteiger partial charge in [0.05, 0.1) is 5.41 Å². The summed E-state index contributed by atoms with van der Waals surface area (Å²) in [5.74, 6) is 0.555. The second-order valence-electron chi connectivity index (χ2n) is 12.6. The zero-order chi connectivity index (χ0) is 29.6. The summed E-state index contributed by atoms with van der Waals surface area (Å²) in [5.41, 5.74) is 5.71. The van der Waals surface area contributed by atoms with E-state index in [1.807, 2.05) is 0 Å². The number of anilines is 1. The van der Waals surface area contributed by atoms with Gasteiger partial charge in [0.1, 0.15) is 0 Å². The third-order valence-corrected chi connectivity index (χ3v) is 9.74. The smallest absolute Gasteiger partial charge is 0.225 e. The van der Waals surface area contributed by atoms with E-state index in [-0.39, 0.29) is 5.92 Å². The van der Waals surface area contributed by atoms with Gasteiger partial charge >= 0.3 is 0 Å². The van der Waals surface area contributed by atoms with E-state index in [0.717, 1.165) is 57.5 Å². The van der Waals surface area contributed by atoms with Gasteiger partial charge in [0.15, 0.2) is 0 Å². The molecule has 0 radical (unpaired) electrons. The van der Waals surface area contributed by atoms with Gasteiger partial charge in [-0.3, -0.25) is 9.69 Å². The van der Waals surface area contributed by atoms with Crippen LogP contribution in [-0.4, -0.2) is 54.0 Å². The van der Waals surface area contributed by atoms with Crippen LogP contribution in [0.25, 0.3) is 0 Å². The summed E-state index contributed by atoms with van der Waals surface area (Å²) in [7, 11) is 0. The normalized spacial score (nSPS) is 19.7. The monoisotopic (exact) mass is 571 g/mol. The minimum Gasteiger partial charge on any atom is -0.382 e. The first-order valence-corrected chi connectivity index (χ1v) is 16.1. The van der Waals surface area contributed by atoms with Crippen molar-refractivity contribution >= 4 is 11.6 Å². The van der Waals surface area contributed by atoms with Crippen LogP contribution in [-0.2, 0) is 10.2 Å². The topological polar surface area (TPSA) is 35.6 Å². The SMILES string of the molecule is CC(C)N1CCN(C(=O)C2CCC(Nc3ccc(C(c4ccccc4)(c4ccccc4)c4ccccc4)cc3)CC2)CC1. The summed E-state index contributed by atoms with van der Waals surface area (Å²) >= 11 is 0. The number of nitrogens with one attached hydrogen (secondary N) is 1. The van der Waals surface area contributed by atoms with Crippen LogP contribution in [0.3, 0.4) is 0 Å². The van der Waals surface area contributed by atoms with E-state index in [0.29, 0.717) is 18.0 Å². The zero-order valence-electron chi connectivity index (χ0n) is 25.7. The van der Waals surface area contributed by atoms with Crippen LogP contribution in [0.4, 0.5) is 5.69 Å². The Morgan fingerprint density at radius 2 is 1.07 bits per heavy atom. The summed E-state index contributed by atoms with van der Waals surface area (Å²) in [6.07, 6.45) is 4.01. The molecular formula is C39H45N3O. The molecule has 43 heavy (non-hydrogen) atoms. The Balaban J connectivity index is 1.18. The second-order valence-corrected chi connectivity index (χ2v) is 12.6. The zero-order valence-corrected chi connectivity index (χ0v) is 25.7. The lowest BCUT2D eigenvalue weighted by Gasteiger charge is -2.39. The van der Waals surface area contributed by atoms with Crippen LogP contribution >= 0.6 is 0 Å². The summed E-state index contributed by atoms with van der Waals surface area (Å²) in [6.45, 7) is 8.22. The summed E-state index contributed by atoms with van der Waals surface area (Å²) in [5, 5.41) is 3.80. The largest absolute Gasteiger partial charge is 0.382 e. The number of amides is 1. The van der Waals surface area contributed by atoms with Crippen LogP contribution in [0, 0.1) is 5.92 Å². The van der Waals surface area contributed by atoms with E-state index in [1.165, 1.54) is 22.3 Å². The molecule has 222 valence electrons. The summed E-state index contributed by atoms with van der Waals surface area (Å²) in [4.78, 5) is 17.9. The summed E-state index contributed by atoms with van der Waals surface area (Å²) < 4.78 is 0. The van der Waals surface area contributed by atoms with Crippen molar-refractivity contribution in [3.05, 3.63) is 138 Å². The minimum absolute atomic E-state index is 0.175. The lowest BCUT2D eigenvalue weighted by Crippen LogP contribution is -2.52. The molecule has 2 aliphatic rings. The van der Waals surface area contributed by atoms with Crippen LogP contribution in [0.2, 0.25) is 0 Å². The Labute approximate surface area is 257 Å². The Kier molecular flexibility index (Phi) is 8.95. The number of carbonyl (C=O) groups is 1. The average molecular weight is 572 g/mol. The van der Waals surface area contributed by atoms with E-state index in [2.05, 4.69) is 144 Å². The number of nitrogens with zero attached hydrogens (tertiary/aromatic N) is 2. The summed E-state index contributed by atoms with van der Waals surface area (Å²) in [6, 6.07) is 42.6. The lowest BCUT2D eigenvalue weighted by atomic mass is 9.65. The van der Waals surface area contributed by atoms with Gasteiger partial charge in [-0.05, 0) is 73.9 Å². The molecule has 1 aliphatic carbocycles. The molecule has 0 bridgehead atoms. The molecule has 4 heteroatoms. The molecule has 1 heterocycles. The van der Waals surface area contributed by atoms with Gasteiger partial charge in [-0.15, -0.1) is 0 Å². The molecule has 0 spiro atoms. The van der Waals surface area contributed by atoms with Gasteiger partial charge in [-0.1, -0.05) is 103 Å². The van der Waals surface area contributed by atoms with Crippen molar-refractivity contribution in [3.8, 4) is 0 Å². The van der Waals surface area contributed by atoms with Gasteiger partial charge in [-0.25, -0.2) is 0 Å². The van der Waals surface area contributed by atoms with E-state index >= 15 is 0 Å². The van der Waals surface area contributed by atoms with Crippen molar-refractivity contribution in [1.82, 2.24) is 9.80 Å². The first kappa shape index (κ1) is 29.2. The fourth-order valence-corrected chi connectivity index (χ4v) is 7.32. The molecule has 0 atom stereocenters. The first-order valence-electron chi connectivity index (χ1n) is 16.1. The molecule has 4 aromatic carbocycles. The number of benzene rings is 4. The molecule has 1 saturated heterocycles. The average Bonchev–Trinajstić information content (AvgIpc) is 3.07. The van der Waals surface area contributed by atoms with E-state index in [1.54, 1.807) is 0 Å². The molecule has 1 amide bonds. The Morgan fingerprint density at radius 1 is 0.628 bits per heavy atom. The predicted octanol–water partition coefficient (Wildman–Crippen LogP) is 7.59. The van der Waals surface area contributed by atoms with E-state index in [4.69, 9.17) is 0 Å². The molecule has 6 rings (SSSR count). The van der Waals surface area contributed by atoms with Crippen LogP contribution in [0.5, 0.6) is 0 Å². The maximum atomic E-state index is 13.3. The Hall–Kier alpha value is -3.89. The standard InChI is InChI=1S/C39H45N3O/c1-30(2)41-26-28-42(29-27-41)38(43)31-18-22-36(23-19-31)40-37-24-20-35(21-25-37)39(32-12-6-3-7-13-32,33-14-8-4-9-15-33)34-16-10-5-11-17-34/h3-17,20-21,24-25,30-31,36,40H,18-19,22-23,26-29H2,1-2H3. The van der Waals surface area contributed by atoms with Gasteiger partial charge in [-0.2, -0.15) is 0 Å². The number of hydrogen-bond donors (Lipinski definition) is 1. The van der Waals surface area contributed by atoms with Crippen molar-refractivity contribution < 1.29 is 4.79 Å². The molecule has 2 fully saturated rings. The first-order chi connectivity index (χ1) is 21.1. The number of hydrogen-bond acceptors (Lipinski definition) is 3. The highest BCUT2D eigenvalue weighted by molar-refractivity contribution is 5.79. The lowest BCUT2D eigenvalue weighted by molar-refractivity contribution is -0.138. The highest BCUT2D eigenvalue weighted by atomic mass is 16.2. The second kappa shape index (κ2) is 13.2. The van der Waals surface area contributed by atoms with Crippen molar-refractivity contribution in [2.45, 2.75) is 57.0 Å². The molecule has 1 aliphatic heterocycles. The van der Waals surface area contributed by atoms with E-state index in [9.17, 15) is 4.79 Å². The van der Waals surface area contributed by atoms with Crippen LogP contribution < -0.4 is 5.32 Å². The van der Waals surface area contributed by atoms with Crippen molar-refractivity contribution in [3.63, 3.8) is 0 Å². The maximum Gasteiger partial charge on any atom is 0.225 e. The van der Waals surface area contributed by atoms with Crippen LogP contribution in [0.1, 0.15) is 61.8 Å². The molecular weight excluding hydrogens is 526 g/mol. The molecule has 0 unspecified atom stereocenters. The van der Waals surface area contributed by atoms with E-state index < -0.39 is 5.41 Å². The van der Waals surface area contributed by atoms with Gasteiger partial charge in [0.25, 0.3) is 0 Å². The fraction of sp³-hybridized carbons (Fsp3) is 0.359. The maximum absolute atomic E-state index is 13.3. The van der Waals surface area contributed by atoms with Gasteiger partial charge in [0.2, 0.25) is 5.91 Å². The Morgan fingerprint density at radius 3 is 1.51 bits per heavy atom. The molecule has 4 nitrogen and oxygen atoms in total. The van der Waals surface area contributed by atoms with Gasteiger partial charge in [0, 0.05) is 49.9 Å². The number of rotatable bonds is 8. The Bertz CT molecular complexity index is 1340.